The summed E-state index contributed by atoms with van der Waals surface area (Å²) < 4.78 is 34.9. The molecule has 1 atom stereocenters. The van der Waals surface area contributed by atoms with Gasteiger partial charge in [-0.15, -0.1) is 0 Å². The van der Waals surface area contributed by atoms with Crippen LogP contribution in [0.25, 0.3) is 0 Å². The Morgan fingerprint density at radius 2 is 1.39 bits per heavy atom. The summed E-state index contributed by atoms with van der Waals surface area (Å²) in [6, 6.07) is 30.1. The molecule has 4 aromatic rings. The van der Waals surface area contributed by atoms with E-state index in [1.165, 1.54) is 29.2 Å². The van der Waals surface area contributed by atoms with Gasteiger partial charge in [-0.2, -0.15) is 0 Å². The molecular weight excluding hydrogens is 622 g/mol. The molecular formula is C36H40ClN3O5S. The number of nitrogens with zero attached hydrogens (tertiary/aromatic N) is 2. The van der Waals surface area contributed by atoms with E-state index in [9.17, 15) is 18.0 Å². The second kappa shape index (κ2) is 15.3. The lowest BCUT2D eigenvalue weighted by atomic mass is 10.0. The average molecular weight is 662 g/mol. The van der Waals surface area contributed by atoms with E-state index in [-0.39, 0.29) is 29.5 Å². The van der Waals surface area contributed by atoms with Gasteiger partial charge in [0.2, 0.25) is 11.8 Å². The number of rotatable bonds is 13. The van der Waals surface area contributed by atoms with Crippen molar-refractivity contribution in [1.82, 2.24) is 10.2 Å². The first-order valence-corrected chi connectivity index (χ1v) is 16.9. The quantitative estimate of drug-likeness (QED) is 0.177. The van der Waals surface area contributed by atoms with Crippen molar-refractivity contribution in [2.24, 2.45) is 0 Å². The van der Waals surface area contributed by atoms with Crippen LogP contribution in [0.3, 0.4) is 0 Å². The summed E-state index contributed by atoms with van der Waals surface area (Å²) >= 11 is 6.06. The van der Waals surface area contributed by atoms with Gasteiger partial charge in [-0.3, -0.25) is 13.9 Å². The third-order valence-corrected chi connectivity index (χ3v) is 9.12. The topological polar surface area (TPSA) is 96.0 Å². The van der Waals surface area contributed by atoms with Crippen molar-refractivity contribution < 1.29 is 22.7 Å². The lowest BCUT2D eigenvalue weighted by Crippen LogP contribution is -2.56. The standard InChI is InChI=1S/C36H40ClN3O5S/c1-5-45-31-20-18-30(19-21-31)40(46(43,44)32-22-16-29(37)17-23-32)26-34(41)39(25-28-14-10-7-11-15-28)33(35(42)38-36(2,3)4)24-27-12-8-6-9-13-27/h6-23,33H,5,24-26H2,1-4H3,(H,38,42)/t33-/m1/s1. The van der Waals surface area contributed by atoms with Crippen LogP contribution in [0.5, 0.6) is 5.75 Å². The molecule has 1 N–H and O–H groups in total. The number of carbonyl (C=O) groups is 2. The SMILES string of the molecule is CCOc1ccc(N(CC(=O)N(Cc2ccccc2)[C@H](Cc2ccccc2)C(=O)NC(C)(C)C)S(=O)(=O)c2ccc(Cl)cc2)cc1. The molecule has 2 amide bonds. The lowest BCUT2D eigenvalue weighted by Gasteiger charge is -2.35. The molecule has 4 rings (SSSR count). The summed E-state index contributed by atoms with van der Waals surface area (Å²) in [5.74, 6) is -0.317. The number of anilines is 1. The highest BCUT2D eigenvalue weighted by atomic mass is 35.5. The van der Waals surface area contributed by atoms with Crippen LogP contribution in [0.15, 0.2) is 114 Å². The Labute approximate surface area is 277 Å². The van der Waals surface area contributed by atoms with Gasteiger partial charge in [0.05, 0.1) is 17.2 Å². The maximum absolute atomic E-state index is 14.5. The minimum atomic E-state index is -4.25. The zero-order chi connectivity index (χ0) is 33.3. The molecule has 0 saturated carbocycles. The summed E-state index contributed by atoms with van der Waals surface area (Å²) in [4.78, 5) is 29.9. The number of nitrogens with one attached hydrogen (secondary N) is 1. The molecule has 0 aliphatic heterocycles. The van der Waals surface area contributed by atoms with E-state index in [0.717, 1.165) is 15.4 Å². The molecule has 8 nitrogen and oxygen atoms in total. The van der Waals surface area contributed by atoms with Gasteiger partial charge >= 0.3 is 0 Å². The predicted octanol–water partition coefficient (Wildman–Crippen LogP) is 6.49. The number of ether oxygens (including phenoxy) is 1. The van der Waals surface area contributed by atoms with Gasteiger partial charge in [0, 0.05) is 23.5 Å². The number of benzene rings is 4. The molecule has 242 valence electrons. The fourth-order valence-electron chi connectivity index (χ4n) is 4.92. The highest BCUT2D eigenvalue weighted by Gasteiger charge is 2.35. The van der Waals surface area contributed by atoms with Crippen molar-refractivity contribution in [2.75, 3.05) is 17.5 Å². The molecule has 0 fully saturated rings. The number of sulfonamides is 1. The third-order valence-electron chi connectivity index (χ3n) is 7.08. The number of hydrogen-bond donors (Lipinski definition) is 1. The Balaban J connectivity index is 1.80. The number of amides is 2. The van der Waals surface area contributed by atoms with E-state index in [2.05, 4.69) is 5.32 Å². The molecule has 0 unspecified atom stereocenters. The fourth-order valence-corrected chi connectivity index (χ4v) is 6.46. The Bertz CT molecular complexity index is 1690. The van der Waals surface area contributed by atoms with Gasteiger partial charge in [-0.05, 0) is 87.4 Å². The molecule has 0 saturated heterocycles. The van der Waals surface area contributed by atoms with Crippen LogP contribution in [0.4, 0.5) is 5.69 Å². The molecule has 46 heavy (non-hydrogen) atoms. The second-order valence-electron chi connectivity index (χ2n) is 11.8. The first kappa shape index (κ1) is 34.5. The number of carbonyl (C=O) groups excluding carboxylic acids is 2. The van der Waals surface area contributed by atoms with Crippen molar-refractivity contribution in [2.45, 2.75) is 57.1 Å². The molecule has 0 radical (unpaired) electrons. The molecule has 0 spiro atoms. The van der Waals surface area contributed by atoms with E-state index in [4.69, 9.17) is 16.3 Å². The highest BCUT2D eigenvalue weighted by molar-refractivity contribution is 7.92. The van der Waals surface area contributed by atoms with Crippen molar-refractivity contribution >= 4 is 39.1 Å². The van der Waals surface area contributed by atoms with Crippen molar-refractivity contribution in [3.63, 3.8) is 0 Å². The van der Waals surface area contributed by atoms with Crippen LogP contribution in [0, 0.1) is 0 Å². The van der Waals surface area contributed by atoms with E-state index >= 15 is 0 Å². The Hall–Kier alpha value is -4.34. The first-order chi connectivity index (χ1) is 21.9. The Morgan fingerprint density at radius 3 is 1.93 bits per heavy atom. The molecule has 0 heterocycles. The zero-order valence-electron chi connectivity index (χ0n) is 26.5. The van der Waals surface area contributed by atoms with Gasteiger partial charge in [-0.25, -0.2) is 8.42 Å². The molecule has 4 aromatic carbocycles. The average Bonchev–Trinajstić information content (AvgIpc) is 3.02. The van der Waals surface area contributed by atoms with E-state index in [1.807, 2.05) is 88.4 Å². The van der Waals surface area contributed by atoms with E-state index in [1.54, 1.807) is 24.3 Å². The molecule has 0 aliphatic rings. The number of halogens is 1. The molecule has 0 aliphatic carbocycles. The smallest absolute Gasteiger partial charge is 0.264 e. The summed E-state index contributed by atoms with van der Waals surface area (Å²) in [6.07, 6.45) is 0.230. The van der Waals surface area contributed by atoms with Gasteiger partial charge < -0.3 is 15.0 Å². The second-order valence-corrected chi connectivity index (χ2v) is 14.1. The molecule has 0 aromatic heterocycles. The van der Waals surface area contributed by atoms with Crippen LogP contribution in [-0.4, -0.2) is 49.9 Å². The summed E-state index contributed by atoms with van der Waals surface area (Å²) in [6.45, 7) is 7.46. The largest absolute Gasteiger partial charge is 0.494 e. The monoisotopic (exact) mass is 661 g/mol. The normalized spacial score (nSPS) is 12.2. The first-order valence-electron chi connectivity index (χ1n) is 15.1. The lowest BCUT2D eigenvalue weighted by molar-refractivity contribution is -0.140. The minimum absolute atomic E-state index is 0.0282. The highest BCUT2D eigenvalue weighted by Crippen LogP contribution is 2.28. The van der Waals surface area contributed by atoms with Gasteiger partial charge in [0.25, 0.3) is 10.0 Å². The molecule has 0 bridgehead atoms. The van der Waals surface area contributed by atoms with Gasteiger partial charge in [0.1, 0.15) is 18.3 Å². The van der Waals surface area contributed by atoms with Crippen LogP contribution in [0.2, 0.25) is 5.02 Å². The van der Waals surface area contributed by atoms with Crippen LogP contribution >= 0.6 is 11.6 Å². The van der Waals surface area contributed by atoms with Crippen molar-refractivity contribution in [3.8, 4) is 5.75 Å². The van der Waals surface area contributed by atoms with Crippen LogP contribution < -0.4 is 14.4 Å². The van der Waals surface area contributed by atoms with Crippen molar-refractivity contribution in [1.29, 1.82) is 0 Å². The maximum Gasteiger partial charge on any atom is 0.264 e. The Morgan fingerprint density at radius 1 is 0.826 bits per heavy atom. The minimum Gasteiger partial charge on any atom is -0.494 e. The van der Waals surface area contributed by atoms with E-state index < -0.39 is 34.1 Å². The molecule has 10 heteroatoms. The van der Waals surface area contributed by atoms with Gasteiger partial charge in [0.15, 0.2) is 0 Å². The third kappa shape index (κ3) is 9.34. The van der Waals surface area contributed by atoms with E-state index in [0.29, 0.717) is 17.4 Å². The predicted molar refractivity (Wildman–Crippen MR) is 182 cm³/mol. The van der Waals surface area contributed by atoms with Crippen LogP contribution in [-0.2, 0) is 32.6 Å². The summed E-state index contributed by atoms with van der Waals surface area (Å²) in [7, 11) is -4.25. The van der Waals surface area contributed by atoms with Crippen molar-refractivity contribution in [3.05, 3.63) is 125 Å². The van der Waals surface area contributed by atoms with Crippen LogP contribution in [0.1, 0.15) is 38.8 Å². The maximum atomic E-state index is 14.5. The Kier molecular flexibility index (Phi) is 11.5. The fraction of sp³-hybridized carbons (Fsp3) is 0.278. The summed E-state index contributed by atoms with van der Waals surface area (Å²) in [5.41, 5.74) is 1.36. The number of hydrogen-bond acceptors (Lipinski definition) is 5. The van der Waals surface area contributed by atoms with Gasteiger partial charge in [-0.1, -0.05) is 72.3 Å². The zero-order valence-corrected chi connectivity index (χ0v) is 28.1. The summed E-state index contributed by atoms with van der Waals surface area (Å²) in [5, 5.41) is 3.41.